The van der Waals surface area contributed by atoms with Gasteiger partial charge in [-0.3, -0.25) is 19.0 Å². The topological polar surface area (TPSA) is 107 Å². The SMILES string of the molecule is Cc1nn(Cc2ccc(C(=O)NCc3ccn(C)n3)cc2)c(C)c1NC(=O)c1cc(C(F)(F)F)nc2ccc(Br)cc12. The van der Waals surface area contributed by atoms with E-state index in [9.17, 15) is 22.8 Å². The van der Waals surface area contributed by atoms with Crippen LogP contribution in [0.4, 0.5) is 18.9 Å². The second-order valence-corrected chi connectivity index (χ2v) is 10.6. The van der Waals surface area contributed by atoms with E-state index < -0.39 is 17.8 Å². The number of carbonyl (C=O) groups excluding carboxylic acids is 2. The molecule has 3 aromatic heterocycles. The molecule has 0 unspecified atom stereocenters. The summed E-state index contributed by atoms with van der Waals surface area (Å²) in [4.78, 5) is 29.6. The Kier molecular flexibility index (Phi) is 7.87. The van der Waals surface area contributed by atoms with Crippen molar-refractivity contribution in [2.75, 3.05) is 5.32 Å². The highest BCUT2D eigenvalue weighted by atomic mass is 79.9. The van der Waals surface area contributed by atoms with Gasteiger partial charge in [-0.25, -0.2) is 4.98 Å². The molecule has 5 aromatic rings. The van der Waals surface area contributed by atoms with Crippen molar-refractivity contribution in [2.24, 2.45) is 7.05 Å². The van der Waals surface area contributed by atoms with Gasteiger partial charge in [-0.1, -0.05) is 28.1 Å². The summed E-state index contributed by atoms with van der Waals surface area (Å²) < 4.78 is 44.6. The number of aryl methyl sites for hydroxylation is 2. The monoisotopic (exact) mass is 639 g/mol. The summed E-state index contributed by atoms with van der Waals surface area (Å²) in [5.41, 5.74) is 2.37. The molecule has 0 radical (unpaired) electrons. The van der Waals surface area contributed by atoms with Gasteiger partial charge in [0.15, 0.2) is 0 Å². The minimum absolute atomic E-state index is 0.0520. The van der Waals surface area contributed by atoms with Gasteiger partial charge >= 0.3 is 6.18 Å². The van der Waals surface area contributed by atoms with Gasteiger partial charge in [-0.2, -0.15) is 23.4 Å². The zero-order valence-electron chi connectivity index (χ0n) is 22.8. The fourth-order valence-electron chi connectivity index (χ4n) is 4.51. The molecule has 0 aliphatic rings. The number of fused-ring (bicyclic) bond motifs is 1. The number of hydrogen-bond acceptors (Lipinski definition) is 5. The Morgan fingerprint density at radius 1 is 0.976 bits per heavy atom. The number of aromatic nitrogens is 5. The normalized spacial score (nSPS) is 11.6. The van der Waals surface area contributed by atoms with Crippen LogP contribution >= 0.6 is 15.9 Å². The van der Waals surface area contributed by atoms with Crippen LogP contribution in [-0.4, -0.2) is 36.4 Å². The lowest BCUT2D eigenvalue weighted by Crippen LogP contribution is -2.23. The van der Waals surface area contributed by atoms with E-state index in [-0.39, 0.29) is 22.4 Å². The van der Waals surface area contributed by atoms with Crippen LogP contribution in [0.25, 0.3) is 10.9 Å². The van der Waals surface area contributed by atoms with Crippen LogP contribution in [0, 0.1) is 13.8 Å². The number of pyridine rings is 1. The highest BCUT2D eigenvalue weighted by molar-refractivity contribution is 9.10. The maximum absolute atomic E-state index is 13.5. The Balaban J connectivity index is 1.33. The van der Waals surface area contributed by atoms with Crippen molar-refractivity contribution >= 4 is 44.3 Å². The largest absolute Gasteiger partial charge is 0.433 e. The van der Waals surface area contributed by atoms with Crippen molar-refractivity contribution in [1.82, 2.24) is 29.9 Å². The van der Waals surface area contributed by atoms with Crippen molar-refractivity contribution in [3.63, 3.8) is 0 Å². The maximum atomic E-state index is 13.5. The molecule has 0 saturated heterocycles. The van der Waals surface area contributed by atoms with Crippen molar-refractivity contribution in [3.8, 4) is 0 Å². The predicted octanol–water partition coefficient (Wildman–Crippen LogP) is 5.79. The number of carbonyl (C=O) groups is 2. The molecule has 0 fully saturated rings. The zero-order valence-corrected chi connectivity index (χ0v) is 24.3. The van der Waals surface area contributed by atoms with Crippen molar-refractivity contribution in [3.05, 3.63) is 105 Å². The Morgan fingerprint density at radius 2 is 1.71 bits per heavy atom. The van der Waals surface area contributed by atoms with Crippen molar-refractivity contribution in [2.45, 2.75) is 33.1 Å². The smallest absolute Gasteiger partial charge is 0.346 e. The number of halogens is 4. The molecule has 2 amide bonds. The first-order valence-electron chi connectivity index (χ1n) is 12.8. The molecule has 2 aromatic carbocycles. The number of nitrogens with zero attached hydrogens (tertiary/aromatic N) is 5. The number of hydrogen-bond donors (Lipinski definition) is 2. The van der Waals surface area contributed by atoms with Crippen LogP contribution in [0.5, 0.6) is 0 Å². The molecule has 0 bridgehead atoms. The van der Waals surface area contributed by atoms with E-state index >= 15 is 0 Å². The molecule has 0 spiro atoms. The zero-order chi connectivity index (χ0) is 30.2. The number of benzene rings is 2. The van der Waals surface area contributed by atoms with Gasteiger partial charge in [0.05, 0.1) is 46.9 Å². The fourth-order valence-corrected chi connectivity index (χ4v) is 4.87. The minimum Gasteiger partial charge on any atom is -0.346 e. The quantitative estimate of drug-likeness (QED) is 0.234. The standard InChI is InChI=1S/C29H25BrF3N7O2/c1-16-26(36-28(42)23-13-25(29(31,32)33)35-24-9-8-20(30)12-22(23)24)17(2)40(37-16)15-18-4-6-19(7-5-18)27(41)34-14-21-10-11-39(3)38-21/h4-13H,14-15H2,1-3H3,(H,34,41)(H,36,42). The van der Waals surface area contributed by atoms with E-state index in [4.69, 9.17) is 0 Å². The maximum Gasteiger partial charge on any atom is 0.433 e. The van der Waals surface area contributed by atoms with Gasteiger partial charge in [0, 0.05) is 28.7 Å². The van der Waals surface area contributed by atoms with E-state index in [1.54, 1.807) is 60.7 Å². The van der Waals surface area contributed by atoms with Crippen LogP contribution in [0.15, 0.2) is 65.3 Å². The first-order valence-corrected chi connectivity index (χ1v) is 13.6. The molecule has 216 valence electrons. The third-order valence-corrected chi connectivity index (χ3v) is 7.17. The molecule has 2 N–H and O–H groups in total. The minimum atomic E-state index is -4.72. The van der Waals surface area contributed by atoms with E-state index in [2.05, 4.69) is 41.7 Å². The van der Waals surface area contributed by atoms with Gasteiger partial charge in [0.25, 0.3) is 11.8 Å². The summed E-state index contributed by atoms with van der Waals surface area (Å²) in [5.74, 6) is -0.939. The lowest BCUT2D eigenvalue weighted by molar-refractivity contribution is -0.141. The molecular formula is C29H25BrF3N7O2. The highest BCUT2D eigenvalue weighted by Gasteiger charge is 2.34. The van der Waals surface area contributed by atoms with Crippen molar-refractivity contribution in [1.29, 1.82) is 0 Å². The Bertz CT molecular complexity index is 1810. The Labute approximate surface area is 246 Å². The molecule has 5 rings (SSSR count). The van der Waals surface area contributed by atoms with Crippen molar-refractivity contribution < 1.29 is 22.8 Å². The molecule has 42 heavy (non-hydrogen) atoms. The number of alkyl halides is 3. The van der Waals surface area contributed by atoms with Gasteiger partial charge in [-0.15, -0.1) is 0 Å². The average molecular weight is 640 g/mol. The van der Waals surface area contributed by atoms with Crippen LogP contribution < -0.4 is 10.6 Å². The summed E-state index contributed by atoms with van der Waals surface area (Å²) in [6.45, 7) is 4.13. The molecule has 3 heterocycles. The Hall–Kier alpha value is -4.52. The van der Waals surface area contributed by atoms with E-state index in [1.807, 2.05) is 18.2 Å². The first kappa shape index (κ1) is 29.0. The van der Waals surface area contributed by atoms with E-state index in [0.717, 1.165) is 17.3 Å². The average Bonchev–Trinajstić information content (AvgIpc) is 3.48. The number of anilines is 1. The molecule has 0 atom stereocenters. The molecule has 0 aliphatic heterocycles. The number of amides is 2. The van der Waals surface area contributed by atoms with Crippen LogP contribution in [-0.2, 0) is 26.3 Å². The second kappa shape index (κ2) is 11.4. The summed E-state index contributed by atoms with van der Waals surface area (Å²) >= 11 is 3.31. The third kappa shape index (κ3) is 6.20. The summed E-state index contributed by atoms with van der Waals surface area (Å²) in [6.07, 6.45) is -2.92. The van der Waals surface area contributed by atoms with Crippen LogP contribution in [0.2, 0.25) is 0 Å². The highest BCUT2D eigenvalue weighted by Crippen LogP contribution is 2.32. The van der Waals surface area contributed by atoms with Crippen LogP contribution in [0.1, 0.15) is 49.1 Å². The summed E-state index contributed by atoms with van der Waals surface area (Å²) in [7, 11) is 1.80. The van der Waals surface area contributed by atoms with Gasteiger partial charge in [0.1, 0.15) is 5.69 Å². The number of rotatable bonds is 7. The fraction of sp³-hybridized carbons (Fsp3) is 0.207. The predicted molar refractivity (Wildman–Crippen MR) is 154 cm³/mol. The van der Waals surface area contributed by atoms with Gasteiger partial charge in [-0.05, 0) is 61.9 Å². The molecule has 0 saturated carbocycles. The summed E-state index contributed by atoms with van der Waals surface area (Å²) in [6, 6.07) is 14.2. The molecule has 0 aliphatic carbocycles. The molecule has 9 nitrogen and oxygen atoms in total. The molecular weight excluding hydrogens is 615 g/mol. The van der Waals surface area contributed by atoms with Gasteiger partial charge in [0.2, 0.25) is 0 Å². The second-order valence-electron chi connectivity index (χ2n) is 9.73. The van der Waals surface area contributed by atoms with E-state index in [0.29, 0.717) is 40.2 Å². The first-order chi connectivity index (χ1) is 19.9. The lowest BCUT2D eigenvalue weighted by atomic mass is 10.1. The number of nitrogens with one attached hydrogen (secondary N) is 2. The van der Waals surface area contributed by atoms with Gasteiger partial charge < -0.3 is 10.6 Å². The lowest BCUT2D eigenvalue weighted by Gasteiger charge is -2.13. The molecule has 13 heteroatoms. The summed E-state index contributed by atoms with van der Waals surface area (Å²) in [5, 5.41) is 14.6. The third-order valence-electron chi connectivity index (χ3n) is 6.67. The van der Waals surface area contributed by atoms with E-state index in [1.165, 1.54) is 6.07 Å². The van der Waals surface area contributed by atoms with Crippen LogP contribution in [0.3, 0.4) is 0 Å². The Morgan fingerprint density at radius 3 is 2.38 bits per heavy atom.